The van der Waals surface area contributed by atoms with E-state index in [4.69, 9.17) is 16.3 Å². The molecule has 0 saturated carbocycles. The van der Waals surface area contributed by atoms with Gasteiger partial charge in [0.2, 0.25) is 0 Å². The molecule has 0 aliphatic carbocycles. The normalized spacial score (nSPS) is 10.7. The zero-order chi connectivity index (χ0) is 13.0. The molecular weight excluding hydrogens is 246 g/mol. The van der Waals surface area contributed by atoms with Gasteiger partial charge in [0.05, 0.1) is 11.2 Å². The quantitative estimate of drug-likeness (QED) is 0.812. The molecule has 0 radical (unpaired) electrons. The highest BCUT2D eigenvalue weighted by Gasteiger charge is 2.12. The van der Waals surface area contributed by atoms with Gasteiger partial charge in [-0.1, -0.05) is 55.8 Å². The van der Waals surface area contributed by atoms with Crippen molar-refractivity contribution in [2.75, 3.05) is 0 Å². The van der Waals surface area contributed by atoms with E-state index >= 15 is 0 Å². The monoisotopic (exact) mass is 261 g/mol. The van der Waals surface area contributed by atoms with Crippen LogP contribution in [-0.4, -0.2) is 4.98 Å². The molecule has 0 aliphatic heterocycles. The van der Waals surface area contributed by atoms with E-state index < -0.39 is 0 Å². The van der Waals surface area contributed by atoms with Crippen LogP contribution < -0.4 is 4.74 Å². The molecule has 18 heavy (non-hydrogen) atoms. The van der Waals surface area contributed by atoms with E-state index in [2.05, 4.69) is 18.8 Å². The van der Waals surface area contributed by atoms with Crippen LogP contribution in [0.2, 0.25) is 5.02 Å². The average Bonchev–Trinajstić information content (AvgIpc) is 2.37. The molecule has 0 amide bonds. The third kappa shape index (κ3) is 3.02. The number of pyridine rings is 1. The topological polar surface area (TPSA) is 22.1 Å². The smallest absolute Gasteiger partial charge is 0.143 e. The second-order valence-corrected chi connectivity index (χ2v) is 4.87. The third-order valence-electron chi connectivity index (χ3n) is 2.72. The molecule has 2 rings (SSSR count). The van der Waals surface area contributed by atoms with Gasteiger partial charge in [-0.3, -0.25) is 4.98 Å². The summed E-state index contributed by atoms with van der Waals surface area (Å²) in [6.07, 6.45) is 3.39. The van der Waals surface area contributed by atoms with Gasteiger partial charge in [0.15, 0.2) is 0 Å². The summed E-state index contributed by atoms with van der Waals surface area (Å²) in [5.74, 6) is 1.08. The summed E-state index contributed by atoms with van der Waals surface area (Å²) in [6, 6.07) is 10.1. The average molecular weight is 262 g/mol. The number of nitrogens with zero attached hydrogens (tertiary/aromatic N) is 1. The first-order valence-electron chi connectivity index (χ1n) is 5.98. The molecule has 0 spiro atoms. The maximum absolute atomic E-state index is 6.16. The van der Waals surface area contributed by atoms with Gasteiger partial charge >= 0.3 is 0 Å². The molecule has 0 atom stereocenters. The first-order chi connectivity index (χ1) is 8.68. The molecule has 3 heteroatoms. The van der Waals surface area contributed by atoms with Crippen LogP contribution in [0.15, 0.2) is 42.7 Å². The van der Waals surface area contributed by atoms with Crippen LogP contribution >= 0.6 is 11.6 Å². The molecule has 1 aromatic heterocycles. The summed E-state index contributed by atoms with van der Waals surface area (Å²) in [5, 5.41) is 0.663. The van der Waals surface area contributed by atoms with Crippen LogP contribution in [0.5, 0.6) is 5.75 Å². The molecule has 0 aliphatic rings. The Bertz CT molecular complexity index is 511. The predicted octanol–water partition coefficient (Wildman–Crippen LogP) is 4.44. The zero-order valence-corrected chi connectivity index (χ0v) is 11.3. The van der Waals surface area contributed by atoms with Gasteiger partial charge in [-0.15, -0.1) is 0 Å². The third-order valence-corrected chi connectivity index (χ3v) is 3.02. The Labute approximate surface area is 113 Å². The van der Waals surface area contributed by atoms with E-state index in [0.717, 1.165) is 16.9 Å². The van der Waals surface area contributed by atoms with E-state index in [1.165, 1.54) is 0 Å². The maximum atomic E-state index is 6.16. The molecule has 2 nitrogen and oxygen atoms in total. The van der Waals surface area contributed by atoms with Gasteiger partial charge < -0.3 is 4.74 Å². The second-order valence-electron chi connectivity index (χ2n) is 4.46. The highest BCUT2D eigenvalue weighted by atomic mass is 35.5. The maximum Gasteiger partial charge on any atom is 0.143 e. The predicted molar refractivity (Wildman–Crippen MR) is 74.1 cm³/mol. The number of hydrogen-bond donors (Lipinski definition) is 0. The fraction of sp³-hybridized carbons (Fsp3) is 0.267. The summed E-state index contributed by atoms with van der Waals surface area (Å²) in [5.41, 5.74) is 2.15. The van der Waals surface area contributed by atoms with Crippen molar-refractivity contribution in [3.63, 3.8) is 0 Å². The standard InChI is InChI=1S/C15H16ClNO/c1-11(2)15-13(16)8-17-9-14(15)18-10-12-6-4-3-5-7-12/h3-9,11H,10H2,1-2H3. The van der Waals surface area contributed by atoms with E-state index in [1.807, 2.05) is 30.3 Å². The van der Waals surface area contributed by atoms with Crippen LogP contribution in [0.3, 0.4) is 0 Å². The number of rotatable bonds is 4. The SMILES string of the molecule is CC(C)c1c(Cl)cncc1OCc1ccccc1. The Morgan fingerprint density at radius 2 is 1.89 bits per heavy atom. The van der Waals surface area contributed by atoms with Gasteiger partial charge in [-0.25, -0.2) is 0 Å². The van der Waals surface area contributed by atoms with Crippen molar-refractivity contribution in [3.05, 3.63) is 58.9 Å². The minimum absolute atomic E-state index is 0.311. The summed E-state index contributed by atoms with van der Waals surface area (Å²) < 4.78 is 5.82. The van der Waals surface area contributed by atoms with E-state index in [-0.39, 0.29) is 0 Å². The van der Waals surface area contributed by atoms with E-state index in [9.17, 15) is 0 Å². The summed E-state index contributed by atoms with van der Waals surface area (Å²) in [4.78, 5) is 4.08. The van der Waals surface area contributed by atoms with Crippen LogP contribution in [0, 0.1) is 0 Å². The fourth-order valence-electron chi connectivity index (χ4n) is 1.84. The van der Waals surface area contributed by atoms with E-state index in [0.29, 0.717) is 17.5 Å². The molecule has 1 heterocycles. The van der Waals surface area contributed by atoms with Crippen molar-refractivity contribution in [1.29, 1.82) is 0 Å². The van der Waals surface area contributed by atoms with Gasteiger partial charge in [-0.05, 0) is 11.5 Å². The van der Waals surface area contributed by atoms with Crippen molar-refractivity contribution in [2.45, 2.75) is 26.4 Å². The second kappa shape index (κ2) is 5.87. The highest BCUT2D eigenvalue weighted by Crippen LogP contribution is 2.32. The molecule has 0 N–H and O–H groups in total. The van der Waals surface area contributed by atoms with Crippen molar-refractivity contribution in [2.24, 2.45) is 0 Å². The van der Waals surface area contributed by atoms with Gasteiger partial charge in [0, 0.05) is 11.8 Å². The van der Waals surface area contributed by atoms with Crippen LogP contribution in [0.25, 0.3) is 0 Å². The molecule has 1 aromatic carbocycles. The van der Waals surface area contributed by atoms with Crippen LogP contribution in [0.1, 0.15) is 30.9 Å². The number of aromatic nitrogens is 1. The first kappa shape index (κ1) is 12.9. The summed E-state index contributed by atoms with van der Waals surface area (Å²) in [6.45, 7) is 4.72. The zero-order valence-electron chi connectivity index (χ0n) is 10.6. The Morgan fingerprint density at radius 3 is 2.56 bits per heavy atom. The molecule has 0 unspecified atom stereocenters. The van der Waals surface area contributed by atoms with Crippen molar-refractivity contribution >= 4 is 11.6 Å². The van der Waals surface area contributed by atoms with Crippen LogP contribution in [-0.2, 0) is 6.61 Å². The molecule has 0 fully saturated rings. The fourth-order valence-corrected chi connectivity index (χ4v) is 2.21. The van der Waals surface area contributed by atoms with Crippen molar-refractivity contribution in [1.82, 2.24) is 4.98 Å². The minimum atomic E-state index is 0.311. The van der Waals surface area contributed by atoms with Gasteiger partial charge in [-0.2, -0.15) is 0 Å². The largest absolute Gasteiger partial charge is 0.487 e. The van der Waals surface area contributed by atoms with Crippen LogP contribution in [0.4, 0.5) is 0 Å². The highest BCUT2D eigenvalue weighted by molar-refractivity contribution is 6.31. The Balaban J connectivity index is 2.17. The Morgan fingerprint density at radius 1 is 1.17 bits per heavy atom. The summed E-state index contributed by atoms with van der Waals surface area (Å²) >= 11 is 6.16. The number of benzene rings is 1. The minimum Gasteiger partial charge on any atom is -0.487 e. The van der Waals surface area contributed by atoms with Gasteiger partial charge in [0.25, 0.3) is 0 Å². The lowest BCUT2D eigenvalue weighted by atomic mass is 10.0. The molecule has 94 valence electrons. The number of ether oxygens (including phenoxy) is 1. The van der Waals surface area contributed by atoms with E-state index in [1.54, 1.807) is 12.4 Å². The molecular formula is C15H16ClNO. The Kier molecular flexibility index (Phi) is 4.21. The lowest BCUT2D eigenvalue weighted by Gasteiger charge is -2.14. The molecule has 2 aromatic rings. The lowest BCUT2D eigenvalue weighted by molar-refractivity contribution is 0.300. The molecule has 0 saturated heterocycles. The first-order valence-corrected chi connectivity index (χ1v) is 6.36. The molecule has 0 bridgehead atoms. The Hall–Kier alpha value is -1.54. The lowest BCUT2D eigenvalue weighted by Crippen LogP contribution is -2.01. The van der Waals surface area contributed by atoms with Crippen molar-refractivity contribution < 1.29 is 4.74 Å². The number of hydrogen-bond acceptors (Lipinski definition) is 2. The number of halogens is 1. The summed E-state index contributed by atoms with van der Waals surface area (Å²) in [7, 11) is 0. The van der Waals surface area contributed by atoms with Crippen molar-refractivity contribution in [3.8, 4) is 5.75 Å². The van der Waals surface area contributed by atoms with Gasteiger partial charge in [0.1, 0.15) is 12.4 Å².